The third kappa shape index (κ3) is 4.81. The van der Waals surface area contributed by atoms with Gasteiger partial charge in [0.05, 0.1) is 0 Å². The van der Waals surface area contributed by atoms with Gasteiger partial charge in [0.2, 0.25) is 0 Å². The van der Waals surface area contributed by atoms with Gasteiger partial charge < -0.3 is 20.4 Å². The van der Waals surface area contributed by atoms with Crippen molar-refractivity contribution in [1.29, 1.82) is 0 Å². The molecule has 0 spiro atoms. The normalized spacial score (nSPS) is 11.1. The van der Waals surface area contributed by atoms with E-state index in [1.807, 2.05) is 36.4 Å². The van der Waals surface area contributed by atoms with Gasteiger partial charge in [-0.2, -0.15) is 0 Å². The van der Waals surface area contributed by atoms with Crippen LogP contribution in [0.1, 0.15) is 32.3 Å². The summed E-state index contributed by atoms with van der Waals surface area (Å²) in [6.07, 6.45) is 3.07. The van der Waals surface area contributed by atoms with Crippen molar-refractivity contribution < 1.29 is 4.74 Å². The van der Waals surface area contributed by atoms with Crippen LogP contribution in [0.5, 0.6) is 11.5 Å². The van der Waals surface area contributed by atoms with E-state index in [1.54, 1.807) is 0 Å². The lowest BCUT2D eigenvalue weighted by atomic mass is 10.00. The Bertz CT molecular complexity index is 1130. The average Bonchev–Trinajstić information content (AvgIpc) is 3.19. The number of aromatic amines is 1. The molecule has 4 heteroatoms. The Morgan fingerprint density at radius 2 is 1.59 bits per heavy atom. The van der Waals surface area contributed by atoms with E-state index < -0.39 is 0 Å². The van der Waals surface area contributed by atoms with Crippen molar-refractivity contribution in [1.82, 2.24) is 4.98 Å². The molecule has 0 bridgehead atoms. The molecule has 0 aliphatic heterocycles. The number of rotatable bonds is 10. The Labute approximate surface area is 191 Å². The summed E-state index contributed by atoms with van der Waals surface area (Å²) in [5, 5.41) is 1.22. The summed E-state index contributed by atoms with van der Waals surface area (Å²) in [6.45, 7) is 7.13. The fraction of sp³-hybridized carbons (Fsp3) is 0.286. The number of hydrogen-bond acceptors (Lipinski definition) is 3. The SMILES string of the molecule is CCN(CC)c1ccc(-c2[nH]c3ccc(Oc4ccccc4)cc3c2CCCCN)cc1. The van der Waals surface area contributed by atoms with E-state index in [2.05, 4.69) is 60.1 Å². The topological polar surface area (TPSA) is 54.3 Å². The van der Waals surface area contributed by atoms with Gasteiger partial charge in [-0.3, -0.25) is 0 Å². The highest BCUT2D eigenvalue weighted by molar-refractivity contribution is 5.92. The third-order valence-electron chi connectivity index (χ3n) is 6.02. The molecular formula is C28H33N3O. The van der Waals surface area contributed by atoms with Crippen molar-refractivity contribution in [2.45, 2.75) is 33.1 Å². The number of H-pyrrole nitrogens is 1. The molecule has 0 radical (unpaired) electrons. The lowest BCUT2D eigenvalue weighted by molar-refractivity contribution is 0.483. The first-order chi connectivity index (χ1) is 15.7. The predicted octanol–water partition coefficient (Wildman–Crippen LogP) is 6.75. The zero-order chi connectivity index (χ0) is 22.3. The first-order valence-electron chi connectivity index (χ1n) is 11.7. The number of para-hydroxylation sites is 1. The minimum Gasteiger partial charge on any atom is -0.457 e. The number of fused-ring (bicyclic) bond motifs is 1. The first kappa shape index (κ1) is 22.0. The minimum absolute atomic E-state index is 0.721. The molecule has 0 aliphatic carbocycles. The second kappa shape index (κ2) is 10.4. The molecule has 4 rings (SSSR count). The minimum atomic E-state index is 0.721. The summed E-state index contributed by atoms with van der Waals surface area (Å²) in [4.78, 5) is 6.04. The molecule has 3 aromatic carbocycles. The number of anilines is 1. The number of hydrogen-bond donors (Lipinski definition) is 2. The van der Waals surface area contributed by atoms with Gasteiger partial charge in [0, 0.05) is 35.4 Å². The van der Waals surface area contributed by atoms with Crippen molar-refractivity contribution >= 4 is 16.6 Å². The van der Waals surface area contributed by atoms with E-state index in [0.717, 1.165) is 55.9 Å². The molecule has 166 valence electrons. The van der Waals surface area contributed by atoms with Gasteiger partial charge in [-0.15, -0.1) is 0 Å². The molecule has 0 saturated heterocycles. The van der Waals surface area contributed by atoms with Gasteiger partial charge in [0.25, 0.3) is 0 Å². The van der Waals surface area contributed by atoms with Gasteiger partial charge >= 0.3 is 0 Å². The van der Waals surface area contributed by atoms with Crippen LogP contribution in [-0.2, 0) is 6.42 Å². The zero-order valence-corrected chi connectivity index (χ0v) is 19.1. The Morgan fingerprint density at radius 3 is 2.28 bits per heavy atom. The van der Waals surface area contributed by atoms with Crippen molar-refractivity contribution in [3.8, 4) is 22.8 Å². The number of benzene rings is 3. The van der Waals surface area contributed by atoms with Crippen LogP contribution in [0, 0.1) is 0 Å². The van der Waals surface area contributed by atoms with E-state index in [0.29, 0.717) is 0 Å². The van der Waals surface area contributed by atoms with Crippen LogP contribution < -0.4 is 15.4 Å². The Balaban J connectivity index is 1.71. The summed E-state index contributed by atoms with van der Waals surface area (Å²) >= 11 is 0. The fourth-order valence-corrected chi connectivity index (χ4v) is 4.29. The number of nitrogens with zero attached hydrogens (tertiary/aromatic N) is 1. The zero-order valence-electron chi connectivity index (χ0n) is 19.1. The Morgan fingerprint density at radius 1 is 0.844 bits per heavy atom. The van der Waals surface area contributed by atoms with Crippen molar-refractivity contribution in [2.75, 3.05) is 24.5 Å². The third-order valence-corrected chi connectivity index (χ3v) is 6.02. The first-order valence-corrected chi connectivity index (χ1v) is 11.7. The maximum Gasteiger partial charge on any atom is 0.128 e. The molecule has 0 unspecified atom stereocenters. The lowest BCUT2D eigenvalue weighted by Crippen LogP contribution is -2.21. The molecule has 4 nitrogen and oxygen atoms in total. The summed E-state index contributed by atoms with van der Waals surface area (Å²) in [5.74, 6) is 1.70. The van der Waals surface area contributed by atoms with Gasteiger partial charge in [-0.05, 0) is 93.2 Å². The molecule has 1 heterocycles. The highest BCUT2D eigenvalue weighted by Gasteiger charge is 2.15. The maximum absolute atomic E-state index is 6.11. The Hall–Kier alpha value is -3.24. The number of aryl methyl sites for hydroxylation is 1. The highest BCUT2D eigenvalue weighted by Crippen LogP contribution is 2.35. The van der Waals surface area contributed by atoms with Crippen LogP contribution in [0.15, 0.2) is 72.8 Å². The molecule has 0 amide bonds. The van der Waals surface area contributed by atoms with Gasteiger partial charge in [-0.25, -0.2) is 0 Å². The number of nitrogens with one attached hydrogen (secondary N) is 1. The molecule has 3 N–H and O–H groups in total. The standard InChI is InChI=1S/C28H33N3O/c1-3-31(4-2)22-15-13-21(14-16-22)28-25(12-8-9-19-29)26-20-24(17-18-27(26)30-28)32-23-10-6-5-7-11-23/h5-7,10-11,13-18,20,30H,3-4,8-9,12,19,29H2,1-2H3. The summed E-state index contributed by atoms with van der Waals surface area (Å²) in [7, 11) is 0. The summed E-state index contributed by atoms with van der Waals surface area (Å²) in [5.41, 5.74) is 11.9. The quantitative estimate of drug-likeness (QED) is 0.275. The molecule has 0 fully saturated rings. The van der Waals surface area contributed by atoms with Crippen LogP contribution in [-0.4, -0.2) is 24.6 Å². The molecule has 4 aromatic rings. The smallest absolute Gasteiger partial charge is 0.128 e. The second-order valence-electron chi connectivity index (χ2n) is 8.07. The van der Waals surface area contributed by atoms with Crippen LogP contribution in [0.3, 0.4) is 0 Å². The molecule has 32 heavy (non-hydrogen) atoms. The molecule has 0 atom stereocenters. The Kier molecular flexibility index (Phi) is 7.13. The monoisotopic (exact) mass is 427 g/mol. The maximum atomic E-state index is 6.11. The lowest BCUT2D eigenvalue weighted by Gasteiger charge is -2.21. The van der Waals surface area contributed by atoms with E-state index in [4.69, 9.17) is 10.5 Å². The molecule has 0 saturated carbocycles. The average molecular weight is 428 g/mol. The highest BCUT2D eigenvalue weighted by atomic mass is 16.5. The second-order valence-corrected chi connectivity index (χ2v) is 8.07. The molecule has 0 aliphatic rings. The van der Waals surface area contributed by atoms with Crippen LogP contribution in [0.4, 0.5) is 5.69 Å². The van der Waals surface area contributed by atoms with E-state index in [1.165, 1.54) is 27.9 Å². The molecular weight excluding hydrogens is 394 g/mol. The molecule has 1 aromatic heterocycles. The van der Waals surface area contributed by atoms with Crippen molar-refractivity contribution in [3.63, 3.8) is 0 Å². The van der Waals surface area contributed by atoms with Gasteiger partial charge in [0.1, 0.15) is 11.5 Å². The number of aromatic nitrogens is 1. The number of unbranched alkanes of at least 4 members (excludes halogenated alkanes) is 1. The summed E-state index contributed by atoms with van der Waals surface area (Å²) in [6, 6.07) is 25.1. The summed E-state index contributed by atoms with van der Waals surface area (Å²) < 4.78 is 6.11. The van der Waals surface area contributed by atoms with Crippen LogP contribution >= 0.6 is 0 Å². The van der Waals surface area contributed by atoms with Crippen molar-refractivity contribution in [2.24, 2.45) is 5.73 Å². The van der Waals surface area contributed by atoms with Gasteiger partial charge in [0.15, 0.2) is 0 Å². The van der Waals surface area contributed by atoms with E-state index in [9.17, 15) is 0 Å². The van der Waals surface area contributed by atoms with E-state index >= 15 is 0 Å². The fourth-order valence-electron chi connectivity index (χ4n) is 4.29. The number of nitrogens with two attached hydrogens (primary N) is 1. The van der Waals surface area contributed by atoms with Crippen LogP contribution in [0.2, 0.25) is 0 Å². The predicted molar refractivity (Wildman–Crippen MR) is 136 cm³/mol. The number of ether oxygens (including phenoxy) is 1. The van der Waals surface area contributed by atoms with Crippen LogP contribution in [0.25, 0.3) is 22.2 Å². The van der Waals surface area contributed by atoms with E-state index in [-0.39, 0.29) is 0 Å². The largest absolute Gasteiger partial charge is 0.457 e. The van der Waals surface area contributed by atoms with Crippen molar-refractivity contribution in [3.05, 3.63) is 78.4 Å². The van der Waals surface area contributed by atoms with Gasteiger partial charge in [-0.1, -0.05) is 30.3 Å².